The first-order valence-electron chi connectivity index (χ1n) is 7.89. The van der Waals surface area contributed by atoms with Crippen LogP contribution in [-0.4, -0.2) is 31.6 Å². The highest BCUT2D eigenvalue weighted by molar-refractivity contribution is 5.95. The molecule has 0 radical (unpaired) electrons. The molecule has 0 amide bonds. The standard InChI is InChI=1S/C19H19FO5/c1-2-17(21)14-7-9-15(10-8-14)25-13-19(22)24-12-11-23-18-6-4-3-5-16(18)20/h3-10H,2,11-13H2,1H3. The van der Waals surface area contributed by atoms with Crippen molar-refractivity contribution in [3.63, 3.8) is 0 Å². The van der Waals surface area contributed by atoms with E-state index >= 15 is 0 Å². The molecule has 5 nitrogen and oxygen atoms in total. The molecule has 0 spiro atoms. The van der Waals surface area contributed by atoms with Crippen LogP contribution < -0.4 is 9.47 Å². The van der Waals surface area contributed by atoms with Gasteiger partial charge in [-0.15, -0.1) is 0 Å². The number of hydrogen-bond acceptors (Lipinski definition) is 5. The fraction of sp³-hybridized carbons (Fsp3) is 0.263. The normalized spacial score (nSPS) is 10.2. The van der Waals surface area contributed by atoms with Gasteiger partial charge in [0.2, 0.25) is 0 Å². The van der Waals surface area contributed by atoms with Crippen molar-refractivity contribution in [2.45, 2.75) is 13.3 Å². The van der Waals surface area contributed by atoms with Gasteiger partial charge in [-0.2, -0.15) is 0 Å². The van der Waals surface area contributed by atoms with E-state index in [1.807, 2.05) is 0 Å². The summed E-state index contributed by atoms with van der Waals surface area (Å²) in [6.45, 7) is 1.56. The fourth-order valence-corrected chi connectivity index (χ4v) is 1.99. The third kappa shape index (κ3) is 5.91. The van der Waals surface area contributed by atoms with E-state index < -0.39 is 11.8 Å². The molecule has 2 rings (SSSR count). The summed E-state index contributed by atoms with van der Waals surface area (Å²) in [5.74, 6) is -0.419. The second-order valence-corrected chi connectivity index (χ2v) is 5.09. The van der Waals surface area contributed by atoms with Gasteiger partial charge in [0.05, 0.1) is 0 Å². The number of ether oxygens (including phenoxy) is 3. The van der Waals surface area contributed by atoms with Gasteiger partial charge >= 0.3 is 5.97 Å². The average Bonchev–Trinajstić information content (AvgIpc) is 2.64. The zero-order valence-corrected chi connectivity index (χ0v) is 13.9. The molecule has 0 aliphatic carbocycles. The first kappa shape index (κ1) is 18.4. The van der Waals surface area contributed by atoms with Crippen LogP contribution in [0.1, 0.15) is 23.7 Å². The minimum Gasteiger partial charge on any atom is -0.487 e. The second kappa shape index (κ2) is 9.42. The first-order chi connectivity index (χ1) is 12.1. The summed E-state index contributed by atoms with van der Waals surface area (Å²) in [5, 5.41) is 0. The van der Waals surface area contributed by atoms with Gasteiger partial charge < -0.3 is 14.2 Å². The van der Waals surface area contributed by atoms with E-state index in [1.54, 1.807) is 43.3 Å². The fourth-order valence-electron chi connectivity index (χ4n) is 1.99. The third-order valence-corrected chi connectivity index (χ3v) is 3.29. The minimum absolute atomic E-state index is 0.0134. The van der Waals surface area contributed by atoms with Crippen LogP contribution in [0.4, 0.5) is 4.39 Å². The van der Waals surface area contributed by atoms with E-state index in [4.69, 9.17) is 14.2 Å². The van der Waals surface area contributed by atoms with E-state index in [2.05, 4.69) is 0 Å². The van der Waals surface area contributed by atoms with E-state index in [9.17, 15) is 14.0 Å². The third-order valence-electron chi connectivity index (χ3n) is 3.29. The van der Waals surface area contributed by atoms with E-state index in [0.29, 0.717) is 17.7 Å². The molecule has 0 bridgehead atoms. The summed E-state index contributed by atoms with van der Waals surface area (Å²) in [5.41, 5.74) is 0.600. The maximum Gasteiger partial charge on any atom is 0.344 e. The summed E-state index contributed by atoms with van der Waals surface area (Å²) < 4.78 is 28.7. The van der Waals surface area contributed by atoms with Gasteiger partial charge in [-0.05, 0) is 36.4 Å². The van der Waals surface area contributed by atoms with Crippen molar-refractivity contribution in [3.05, 3.63) is 59.9 Å². The Hall–Kier alpha value is -2.89. The van der Waals surface area contributed by atoms with E-state index in [1.165, 1.54) is 12.1 Å². The zero-order valence-electron chi connectivity index (χ0n) is 13.9. The van der Waals surface area contributed by atoms with Crippen LogP contribution in [0.3, 0.4) is 0 Å². The van der Waals surface area contributed by atoms with Gasteiger partial charge in [-0.25, -0.2) is 9.18 Å². The van der Waals surface area contributed by atoms with Crippen molar-refractivity contribution in [2.24, 2.45) is 0 Å². The van der Waals surface area contributed by atoms with Crippen molar-refractivity contribution in [1.29, 1.82) is 0 Å². The predicted octanol–water partition coefficient (Wildman–Crippen LogP) is 3.42. The molecular weight excluding hydrogens is 327 g/mol. The molecule has 25 heavy (non-hydrogen) atoms. The molecule has 6 heteroatoms. The number of ketones is 1. The Bertz CT molecular complexity index is 712. The van der Waals surface area contributed by atoms with Crippen molar-refractivity contribution in [1.82, 2.24) is 0 Å². The molecule has 0 atom stereocenters. The van der Waals surface area contributed by atoms with Gasteiger partial charge in [0.15, 0.2) is 24.0 Å². The lowest BCUT2D eigenvalue weighted by Gasteiger charge is -2.09. The molecule has 0 heterocycles. The molecule has 132 valence electrons. The Morgan fingerprint density at radius 2 is 1.68 bits per heavy atom. The van der Waals surface area contributed by atoms with Crippen LogP contribution in [0.25, 0.3) is 0 Å². The summed E-state index contributed by atoms with van der Waals surface area (Å²) in [4.78, 5) is 23.1. The number of rotatable bonds is 9. The van der Waals surface area contributed by atoms with Gasteiger partial charge in [0.25, 0.3) is 0 Å². The zero-order chi connectivity index (χ0) is 18.1. The highest BCUT2D eigenvalue weighted by Crippen LogP contribution is 2.15. The van der Waals surface area contributed by atoms with Gasteiger partial charge in [-0.3, -0.25) is 4.79 Å². The summed E-state index contributed by atoms with van der Waals surface area (Å²) in [7, 11) is 0. The molecule has 0 N–H and O–H groups in total. The highest BCUT2D eigenvalue weighted by Gasteiger charge is 2.07. The van der Waals surface area contributed by atoms with E-state index in [-0.39, 0.29) is 31.4 Å². The lowest BCUT2D eigenvalue weighted by molar-refractivity contribution is -0.146. The van der Waals surface area contributed by atoms with Crippen molar-refractivity contribution >= 4 is 11.8 Å². The molecular formula is C19H19FO5. The number of para-hydroxylation sites is 1. The van der Waals surface area contributed by atoms with Crippen LogP contribution in [-0.2, 0) is 9.53 Å². The lowest BCUT2D eigenvalue weighted by atomic mass is 10.1. The van der Waals surface area contributed by atoms with Crippen molar-refractivity contribution in [3.8, 4) is 11.5 Å². The summed E-state index contributed by atoms with van der Waals surface area (Å²) >= 11 is 0. The number of carbonyl (C=O) groups excluding carboxylic acids is 2. The lowest BCUT2D eigenvalue weighted by Crippen LogP contribution is -2.18. The smallest absolute Gasteiger partial charge is 0.344 e. The number of hydrogen-bond donors (Lipinski definition) is 0. The Labute approximate surface area is 145 Å². The minimum atomic E-state index is -0.564. The summed E-state index contributed by atoms with van der Waals surface area (Å²) in [6.07, 6.45) is 0.432. The Morgan fingerprint density at radius 1 is 0.960 bits per heavy atom. The maximum absolute atomic E-state index is 13.3. The van der Waals surface area contributed by atoms with Crippen LogP contribution in [0.15, 0.2) is 48.5 Å². The van der Waals surface area contributed by atoms with Crippen LogP contribution in [0, 0.1) is 5.82 Å². The number of Topliss-reactive ketones (excluding diaryl/α,β-unsaturated/α-hetero) is 1. The maximum atomic E-state index is 13.3. The monoisotopic (exact) mass is 346 g/mol. The Kier molecular flexibility index (Phi) is 6.95. The first-order valence-corrected chi connectivity index (χ1v) is 7.89. The van der Waals surface area contributed by atoms with Crippen molar-refractivity contribution < 1.29 is 28.2 Å². The quantitative estimate of drug-likeness (QED) is 0.395. The molecule has 0 saturated carbocycles. The van der Waals surface area contributed by atoms with Crippen LogP contribution >= 0.6 is 0 Å². The highest BCUT2D eigenvalue weighted by atomic mass is 19.1. The SMILES string of the molecule is CCC(=O)c1ccc(OCC(=O)OCCOc2ccccc2F)cc1. The molecule has 2 aromatic rings. The van der Waals surface area contributed by atoms with Gasteiger partial charge in [0, 0.05) is 12.0 Å². The molecule has 0 unspecified atom stereocenters. The predicted molar refractivity (Wildman–Crippen MR) is 89.4 cm³/mol. The van der Waals surface area contributed by atoms with Crippen LogP contribution in [0.5, 0.6) is 11.5 Å². The van der Waals surface area contributed by atoms with E-state index in [0.717, 1.165) is 0 Å². The average molecular weight is 346 g/mol. The van der Waals surface area contributed by atoms with Gasteiger partial charge in [-0.1, -0.05) is 19.1 Å². The number of carbonyl (C=O) groups is 2. The van der Waals surface area contributed by atoms with Crippen molar-refractivity contribution in [2.75, 3.05) is 19.8 Å². The number of benzene rings is 2. The Morgan fingerprint density at radius 3 is 2.36 bits per heavy atom. The van der Waals surface area contributed by atoms with Gasteiger partial charge in [0.1, 0.15) is 19.0 Å². The Balaban J connectivity index is 1.67. The molecule has 2 aromatic carbocycles. The molecule has 0 aromatic heterocycles. The molecule has 0 aliphatic heterocycles. The molecule has 0 aliphatic rings. The largest absolute Gasteiger partial charge is 0.487 e. The topological polar surface area (TPSA) is 61.8 Å². The number of esters is 1. The summed E-state index contributed by atoms with van der Waals surface area (Å²) in [6, 6.07) is 12.5. The number of halogens is 1. The molecule has 0 fully saturated rings. The molecule has 0 saturated heterocycles. The van der Waals surface area contributed by atoms with Crippen LogP contribution in [0.2, 0.25) is 0 Å². The second-order valence-electron chi connectivity index (χ2n) is 5.09.